The molecule has 0 bridgehead atoms. The van der Waals surface area contributed by atoms with Crippen LogP contribution in [0, 0.1) is 0 Å². The Labute approximate surface area is 98.4 Å². The summed E-state index contributed by atoms with van der Waals surface area (Å²) in [6.45, 7) is 2.51. The standard InChI is InChI=1S/C10H14N6O/c1-2-17-8-3-7(4-12-5-8)10(14-11)9-6-13-16-15-9/h3-6,10,14H,2,11H2,1H3,(H,13,15,16). The summed E-state index contributed by atoms with van der Waals surface area (Å²) in [5.41, 5.74) is 4.24. The minimum Gasteiger partial charge on any atom is -0.492 e. The highest BCUT2D eigenvalue weighted by Crippen LogP contribution is 2.21. The Hall–Kier alpha value is -1.99. The van der Waals surface area contributed by atoms with E-state index in [0.717, 1.165) is 5.56 Å². The SMILES string of the molecule is CCOc1cncc(C(NN)c2cn[nH]n2)c1. The van der Waals surface area contributed by atoms with Crippen molar-refractivity contribution in [3.8, 4) is 5.75 Å². The summed E-state index contributed by atoms with van der Waals surface area (Å²) >= 11 is 0. The third-order valence-electron chi connectivity index (χ3n) is 2.27. The van der Waals surface area contributed by atoms with E-state index >= 15 is 0 Å². The maximum Gasteiger partial charge on any atom is 0.137 e. The van der Waals surface area contributed by atoms with Crippen LogP contribution in [-0.2, 0) is 0 Å². The Morgan fingerprint density at radius 3 is 3.00 bits per heavy atom. The lowest BCUT2D eigenvalue weighted by atomic mass is 10.1. The predicted molar refractivity (Wildman–Crippen MR) is 61.0 cm³/mol. The molecule has 2 heterocycles. The van der Waals surface area contributed by atoms with E-state index < -0.39 is 0 Å². The largest absolute Gasteiger partial charge is 0.492 e. The smallest absolute Gasteiger partial charge is 0.137 e. The Kier molecular flexibility index (Phi) is 3.63. The lowest BCUT2D eigenvalue weighted by Gasteiger charge is -2.13. The van der Waals surface area contributed by atoms with E-state index in [2.05, 4.69) is 25.8 Å². The van der Waals surface area contributed by atoms with E-state index in [1.807, 2.05) is 13.0 Å². The third kappa shape index (κ3) is 2.58. The molecule has 0 aromatic carbocycles. The number of nitrogens with one attached hydrogen (secondary N) is 2. The van der Waals surface area contributed by atoms with Gasteiger partial charge in [-0.3, -0.25) is 10.8 Å². The summed E-state index contributed by atoms with van der Waals surface area (Å²) in [4.78, 5) is 4.10. The van der Waals surface area contributed by atoms with Gasteiger partial charge in [-0.15, -0.1) is 0 Å². The van der Waals surface area contributed by atoms with Crippen LogP contribution in [0.4, 0.5) is 0 Å². The molecule has 0 spiro atoms. The molecule has 0 fully saturated rings. The molecule has 0 amide bonds. The van der Waals surface area contributed by atoms with Crippen LogP contribution in [0.15, 0.2) is 24.7 Å². The van der Waals surface area contributed by atoms with Crippen molar-refractivity contribution in [3.63, 3.8) is 0 Å². The molecule has 17 heavy (non-hydrogen) atoms. The highest BCUT2D eigenvalue weighted by atomic mass is 16.5. The van der Waals surface area contributed by atoms with E-state index in [9.17, 15) is 0 Å². The van der Waals surface area contributed by atoms with Gasteiger partial charge in [0.1, 0.15) is 11.4 Å². The molecule has 0 aliphatic rings. The molecule has 0 aliphatic carbocycles. The second-order valence-corrected chi connectivity index (χ2v) is 3.38. The van der Waals surface area contributed by atoms with Crippen molar-refractivity contribution < 1.29 is 4.74 Å². The van der Waals surface area contributed by atoms with Crippen LogP contribution in [0.3, 0.4) is 0 Å². The van der Waals surface area contributed by atoms with E-state index in [-0.39, 0.29) is 6.04 Å². The number of nitrogens with zero attached hydrogens (tertiary/aromatic N) is 3. The fourth-order valence-electron chi connectivity index (χ4n) is 1.54. The van der Waals surface area contributed by atoms with E-state index in [1.54, 1.807) is 18.6 Å². The first-order chi connectivity index (χ1) is 8.35. The molecule has 1 atom stereocenters. The summed E-state index contributed by atoms with van der Waals surface area (Å²) < 4.78 is 5.38. The van der Waals surface area contributed by atoms with Crippen molar-refractivity contribution in [2.24, 2.45) is 5.84 Å². The van der Waals surface area contributed by atoms with Crippen LogP contribution >= 0.6 is 0 Å². The molecule has 1 unspecified atom stereocenters. The number of aromatic nitrogens is 4. The molecule has 0 saturated heterocycles. The highest BCUT2D eigenvalue weighted by Gasteiger charge is 2.16. The molecule has 4 N–H and O–H groups in total. The second kappa shape index (κ2) is 5.37. The Morgan fingerprint density at radius 2 is 2.35 bits per heavy atom. The molecule has 7 nitrogen and oxygen atoms in total. The van der Waals surface area contributed by atoms with Gasteiger partial charge in [0.15, 0.2) is 0 Å². The van der Waals surface area contributed by atoms with E-state index in [4.69, 9.17) is 10.6 Å². The van der Waals surface area contributed by atoms with Gasteiger partial charge in [-0.05, 0) is 18.6 Å². The molecule has 2 aromatic rings. The number of hydrazine groups is 1. The van der Waals surface area contributed by atoms with Gasteiger partial charge in [-0.2, -0.15) is 15.4 Å². The second-order valence-electron chi connectivity index (χ2n) is 3.38. The van der Waals surface area contributed by atoms with Crippen LogP contribution in [0.25, 0.3) is 0 Å². The van der Waals surface area contributed by atoms with Gasteiger partial charge in [-0.25, -0.2) is 5.43 Å². The van der Waals surface area contributed by atoms with Crippen LogP contribution in [0.1, 0.15) is 24.2 Å². The molecule has 0 aliphatic heterocycles. The number of aromatic amines is 1. The lowest BCUT2D eigenvalue weighted by Crippen LogP contribution is -2.29. The lowest BCUT2D eigenvalue weighted by molar-refractivity contribution is 0.338. The molecule has 90 valence electrons. The normalized spacial score (nSPS) is 12.4. The van der Waals surface area contributed by atoms with Gasteiger partial charge >= 0.3 is 0 Å². The number of ether oxygens (including phenoxy) is 1. The van der Waals surface area contributed by atoms with Gasteiger partial charge in [0.05, 0.1) is 25.0 Å². The Balaban J connectivity index is 2.28. The van der Waals surface area contributed by atoms with Crippen molar-refractivity contribution >= 4 is 0 Å². The Morgan fingerprint density at radius 1 is 1.47 bits per heavy atom. The molecule has 0 saturated carbocycles. The summed E-state index contributed by atoms with van der Waals surface area (Å²) in [6, 6.07) is 1.61. The molecular formula is C10H14N6O. The predicted octanol–water partition coefficient (Wildman–Crippen LogP) is 0.151. The third-order valence-corrected chi connectivity index (χ3v) is 2.27. The van der Waals surface area contributed by atoms with Crippen molar-refractivity contribution in [2.45, 2.75) is 13.0 Å². The molecule has 2 aromatic heterocycles. The molecular weight excluding hydrogens is 220 g/mol. The number of nitrogens with two attached hydrogens (primary N) is 1. The zero-order valence-electron chi connectivity index (χ0n) is 9.42. The fourth-order valence-corrected chi connectivity index (χ4v) is 1.54. The summed E-state index contributed by atoms with van der Waals surface area (Å²) in [6.07, 6.45) is 4.98. The first-order valence-corrected chi connectivity index (χ1v) is 5.24. The first-order valence-electron chi connectivity index (χ1n) is 5.24. The quantitative estimate of drug-likeness (QED) is 0.503. The minimum absolute atomic E-state index is 0.262. The van der Waals surface area contributed by atoms with E-state index in [0.29, 0.717) is 18.1 Å². The van der Waals surface area contributed by atoms with Crippen molar-refractivity contribution in [1.82, 2.24) is 25.8 Å². The monoisotopic (exact) mass is 234 g/mol. The molecule has 7 heteroatoms. The summed E-state index contributed by atoms with van der Waals surface area (Å²) in [7, 11) is 0. The van der Waals surface area contributed by atoms with Crippen LogP contribution in [0.2, 0.25) is 0 Å². The van der Waals surface area contributed by atoms with Gasteiger partial charge in [0.25, 0.3) is 0 Å². The van der Waals surface area contributed by atoms with Gasteiger partial charge < -0.3 is 4.74 Å². The van der Waals surface area contributed by atoms with Gasteiger partial charge in [-0.1, -0.05) is 0 Å². The maximum absolute atomic E-state index is 5.52. The number of rotatable bonds is 5. The Bertz CT molecular complexity index is 458. The molecule has 0 radical (unpaired) electrons. The maximum atomic E-state index is 5.52. The molecule has 2 rings (SSSR count). The fraction of sp³-hybridized carbons (Fsp3) is 0.300. The topological polar surface area (TPSA) is 102 Å². The average Bonchev–Trinajstić information content (AvgIpc) is 2.85. The number of hydrogen-bond acceptors (Lipinski definition) is 6. The minimum atomic E-state index is -0.262. The van der Waals surface area contributed by atoms with Crippen LogP contribution < -0.4 is 16.0 Å². The average molecular weight is 234 g/mol. The van der Waals surface area contributed by atoms with Gasteiger partial charge in [0.2, 0.25) is 0 Å². The highest BCUT2D eigenvalue weighted by molar-refractivity contribution is 5.30. The zero-order chi connectivity index (χ0) is 12.1. The zero-order valence-corrected chi connectivity index (χ0v) is 9.42. The summed E-state index contributed by atoms with van der Waals surface area (Å²) in [5.74, 6) is 6.22. The first kappa shape index (κ1) is 11.5. The number of H-pyrrole nitrogens is 1. The van der Waals surface area contributed by atoms with Crippen LogP contribution in [-0.4, -0.2) is 27.0 Å². The number of pyridine rings is 1. The van der Waals surface area contributed by atoms with Crippen LogP contribution in [0.5, 0.6) is 5.75 Å². The van der Waals surface area contributed by atoms with E-state index in [1.165, 1.54) is 0 Å². The van der Waals surface area contributed by atoms with Gasteiger partial charge in [0, 0.05) is 6.20 Å². The van der Waals surface area contributed by atoms with Crippen molar-refractivity contribution in [3.05, 3.63) is 35.9 Å². The number of hydrogen-bond donors (Lipinski definition) is 3. The van der Waals surface area contributed by atoms with Crippen molar-refractivity contribution in [2.75, 3.05) is 6.61 Å². The van der Waals surface area contributed by atoms with Crippen molar-refractivity contribution in [1.29, 1.82) is 0 Å². The summed E-state index contributed by atoms with van der Waals surface area (Å²) in [5, 5.41) is 10.3.